The molecule has 0 aromatic heterocycles. The van der Waals surface area contributed by atoms with Gasteiger partial charge in [0.25, 0.3) is 0 Å². The van der Waals surface area contributed by atoms with Crippen LogP contribution in [0.5, 0.6) is 0 Å². The molecule has 2 rings (SSSR count). The number of hydrogen-bond donors (Lipinski definition) is 0. The molecule has 1 aliphatic heterocycles. The van der Waals surface area contributed by atoms with E-state index in [2.05, 4.69) is 6.92 Å². The molecule has 0 N–H and O–H groups in total. The summed E-state index contributed by atoms with van der Waals surface area (Å²) in [5.41, 5.74) is 0.527. The van der Waals surface area contributed by atoms with Crippen LogP contribution in [0.1, 0.15) is 55.3 Å². The number of unbranched alkanes of at least 4 members (excludes halogenated alkanes) is 1. The minimum atomic E-state index is -0.701. The lowest BCUT2D eigenvalue weighted by Crippen LogP contribution is -2.27. The van der Waals surface area contributed by atoms with Gasteiger partial charge in [0.2, 0.25) is 0 Å². The molecule has 0 spiro atoms. The average Bonchev–Trinajstić information content (AvgIpc) is 2.55. The molecule has 0 unspecified atom stereocenters. The van der Waals surface area contributed by atoms with E-state index in [1.807, 2.05) is 6.92 Å². The Morgan fingerprint density at radius 1 is 1.32 bits per heavy atom. The van der Waals surface area contributed by atoms with Crippen LogP contribution >= 0.6 is 0 Å². The largest absolute Gasteiger partial charge is 0.462 e. The molecule has 4 nitrogen and oxygen atoms in total. The minimum Gasteiger partial charge on any atom is -0.462 e. The second-order valence-corrected chi connectivity index (χ2v) is 5.50. The van der Waals surface area contributed by atoms with Crippen LogP contribution in [0.15, 0.2) is 18.2 Å². The Kier molecular flexibility index (Phi) is 6.34. The van der Waals surface area contributed by atoms with Crippen LogP contribution in [0, 0.1) is 11.7 Å². The van der Waals surface area contributed by atoms with Crippen molar-refractivity contribution in [3.8, 4) is 0 Å². The van der Waals surface area contributed by atoms with Crippen molar-refractivity contribution in [1.29, 1.82) is 0 Å². The SMILES string of the molecule is CCCCOC(=O)c1ccc(C2OCC(CC)CO2)c(F)c1. The number of carbonyl (C=O) groups is 1. The van der Waals surface area contributed by atoms with Gasteiger partial charge in [0, 0.05) is 11.5 Å². The van der Waals surface area contributed by atoms with E-state index in [0.29, 0.717) is 31.3 Å². The lowest BCUT2D eigenvalue weighted by Gasteiger charge is -2.29. The quantitative estimate of drug-likeness (QED) is 0.591. The molecular weight excluding hydrogens is 287 g/mol. The van der Waals surface area contributed by atoms with Crippen molar-refractivity contribution in [1.82, 2.24) is 0 Å². The summed E-state index contributed by atoms with van der Waals surface area (Å²) in [6, 6.07) is 4.26. The number of esters is 1. The maximum atomic E-state index is 14.2. The van der Waals surface area contributed by atoms with E-state index in [-0.39, 0.29) is 5.56 Å². The summed E-state index contributed by atoms with van der Waals surface area (Å²) >= 11 is 0. The van der Waals surface area contributed by atoms with Crippen LogP contribution in [-0.2, 0) is 14.2 Å². The lowest BCUT2D eigenvalue weighted by atomic mass is 10.1. The Morgan fingerprint density at radius 2 is 2.05 bits per heavy atom. The highest BCUT2D eigenvalue weighted by Crippen LogP contribution is 2.28. The van der Waals surface area contributed by atoms with Gasteiger partial charge in [0.1, 0.15) is 5.82 Å². The molecule has 5 heteroatoms. The normalized spacial score (nSPS) is 21.6. The van der Waals surface area contributed by atoms with E-state index < -0.39 is 18.1 Å². The summed E-state index contributed by atoms with van der Waals surface area (Å²) in [6.07, 6.45) is 2.01. The molecule has 0 amide bonds. The van der Waals surface area contributed by atoms with E-state index >= 15 is 0 Å². The van der Waals surface area contributed by atoms with Crippen LogP contribution in [0.4, 0.5) is 4.39 Å². The summed E-state index contributed by atoms with van der Waals surface area (Å²) in [5, 5.41) is 0. The summed E-state index contributed by atoms with van der Waals surface area (Å²) < 4.78 is 30.4. The number of rotatable bonds is 6. The van der Waals surface area contributed by atoms with Crippen LogP contribution in [0.25, 0.3) is 0 Å². The lowest BCUT2D eigenvalue weighted by molar-refractivity contribution is -0.206. The maximum absolute atomic E-state index is 14.2. The first-order valence-electron chi connectivity index (χ1n) is 7.85. The van der Waals surface area contributed by atoms with E-state index in [9.17, 15) is 9.18 Å². The predicted molar refractivity (Wildman–Crippen MR) is 80.0 cm³/mol. The number of ether oxygens (including phenoxy) is 3. The molecule has 1 heterocycles. The zero-order valence-corrected chi connectivity index (χ0v) is 13.1. The third kappa shape index (κ3) is 4.27. The van der Waals surface area contributed by atoms with E-state index in [4.69, 9.17) is 14.2 Å². The average molecular weight is 310 g/mol. The smallest absolute Gasteiger partial charge is 0.338 e. The second-order valence-electron chi connectivity index (χ2n) is 5.50. The highest BCUT2D eigenvalue weighted by atomic mass is 19.1. The molecule has 1 aliphatic rings. The van der Waals surface area contributed by atoms with Gasteiger partial charge in [0.05, 0.1) is 25.4 Å². The third-order valence-electron chi connectivity index (χ3n) is 3.77. The summed E-state index contributed by atoms with van der Waals surface area (Å²) in [6.45, 7) is 5.54. The van der Waals surface area contributed by atoms with Crippen LogP contribution < -0.4 is 0 Å². The molecular formula is C17H23FO4. The fourth-order valence-corrected chi connectivity index (χ4v) is 2.20. The van der Waals surface area contributed by atoms with Gasteiger partial charge in [-0.3, -0.25) is 0 Å². The van der Waals surface area contributed by atoms with Gasteiger partial charge >= 0.3 is 5.97 Å². The van der Waals surface area contributed by atoms with Gasteiger partial charge in [-0.2, -0.15) is 0 Å². The Bertz CT molecular complexity index is 495. The van der Waals surface area contributed by atoms with Crippen molar-refractivity contribution in [2.24, 2.45) is 5.92 Å². The zero-order valence-electron chi connectivity index (χ0n) is 13.1. The fourth-order valence-electron chi connectivity index (χ4n) is 2.20. The topological polar surface area (TPSA) is 44.8 Å². The number of halogens is 1. The number of benzene rings is 1. The number of hydrogen-bond acceptors (Lipinski definition) is 4. The summed E-state index contributed by atoms with van der Waals surface area (Å²) in [7, 11) is 0. The van der Waals surface area contributed by atoms with Gasteiger partial charge in [-0.25, -0.2) is 9.18 Å². The van der Waals surface area contributed by atoms with Gasteiger partial charge < -0.3 is 14.2 Å². The van der Waals surface area contributed by atoms with Crippen molar-refractivity contribution in [2.75, 3.05) is 19.8 Å². The molecule has 0 bridgehead atoms. The van der Waals surface area contributed by atoms with Gasteiger partial charge in [-0.05, 0) is 25.0 Å². The van der Waals surface area contributed by atoms with Crippen LogP contribution in [-0.4, -0.2) is 25.8 Å². The van der Waals surface area contributed by atoms with Gasteiger partial charge in [0.15, 0.2) is 6.29 Å². The molecule has 0 radical (unpaired) electrons. The third-order valence-corrected chi connectivity index (χ3v) is 3.77. The van der Waals surface area contributed by atoms with Crippen molar-refractivity contribution < 1.29 is 23.4 Å². The van der Waals surface area contributed by atoms with Crippen molar-refractivity contribution >= 4 is 5.97 Å². The number of carbonyl (C=O) groups excluding carboxylic acids is 1. The van der Waals surface area contributed by atoms with Crippen molar-refractivity contribution in [3.63, 3.8) is 0 Å². The van der Waals surface area contributed by atoms with E-state index in [1.165, 1.54) is 12.1 Å². The maximum Gasteiger partial charge on any atom is 0.338 e. The first kappa shape index (κ1) is 16.9. The molecule has 0 aliphatic carbocycles. The van der Waals surface area contributed by atoms with E-state index in [1.54, 1.807) is 6.07 Å². The fraction of sp³-hybridized carbons (Fsp3) is 0.588. The monoisotopic (exact) mass is 310 g/mol. The van der Waals surface area contributed by atoms with Gasteiger partial charge in [-0.15, -0.1) is 0 Å². The van der Waals surface area contributed by atoms with Crippen molar-refractivity contribution in [3.05, 3.63) is 35.1 Å². The van der Waals surface area contributed by atoms with Crippen LogP contribution in [0.2, 0.25) is 0 Å². The first-order valence-corrected chi connectivity index (χ1v) is 7.85. The van der Waals surface area contributed by atoms with Crippen molar-refractivity contribution in [2.45, 2.75) is 39.4 Å². The molecule has 22 heavy (non-hydrogen) atoms. The summed E-state index contributed by atoms with van der Waals surface area (Å²) in [5.74, 6) is -0.660. The molecule has 1 aromatic rings. The second kappa shape index (κ2) is 8.25. The molecule has 1 saturated heterocycles. The Hall–Kier alpha value is -1.46. The zero-order chi connectivity index (χ0) is 15.9. The molecule has 122 valence electrons. The predicted octanol–water partition coefficient (Wildman–Crippen LogP) is 3.85. The Balaban J connectivity index is 1.99. The minimum absolute atomic E-state index is 0.208. The highest BCUT2D eigenvalue weighted by molar-refractivity contribution is 5.89. The standard InChI is InChI=1S/C17H23FO4/c1-3-5-8-20-16(19)13-6-7-14(15(18)9-13)17-21-10-12(4-2)11-22-17/h6-7,9,12,17H,3-5,8,10-11H2,1-2H3. The van der Waals surface area contributed by atoms with Crippen LogP contribution in [0.3, 0.4) is 0 Å². The Morgan fingerprint density at radius 3 is 2.64 bits per heavy atom. The molecule has 1 aromatic carbocycles. The first-order chi connectivity index (χ1) is 10.7. The Labute approximate surface area is 130 Å². The molecule has 1 fully saturated rings. The van der Waals surface area contributed by atoms with Gasteiger partial charge in [-0.1, -0.05) is 26.3 Å². The summed E-state index contributed by atoms with van der Waals surface area (Å²) in [4.78, 5) is 11.8. The highest BCUT2D eigenvalue weighted by Gasteiger charge is 2.25. The molecule has 0 saturated carbocycles. The molecule has 0 atom stereocenters. The van der Waals surface area contributed by atoms with E-state index in [0.717, 1.165) is 19.3 Å².